The number of nitrogens with one attached hydrogen (secondary N) is 2. The third kappa shape index (κ3) is 4.66. The number of rotatable bonds is 2. The molecule has 1 aromatic rings. The maximum absolute atomic E-state index is 13.2. The average Bonchev–Trinajstić information content (AvgIpc) is 2.64. The van der Waals surface area contributed by atoms with E-state index in [2.05, 4.69) is 22.8 Å². The molecule has 3 heterocycles. The number of carbonyl (C=O) groups excluding carboxylic acids is 1. The van der Waals surface area contributed by atoms with Gasteiger partial charge in [-0.05, 0) is 55.1 Å². The van der Waals surface area contributed by atoms with Crippen LogP contribution in [-0.4, -0.2) is 44.2 Å². The Morgan fingerprint density at radius 1 is 1.21 bits per heavy atom. The number of carbonyl (C=O) groups is 1. The Bertz CT molecular complexity index is 804. The van der Waals surface area contributed by atoms with Crippen LogP contribution >= 0.6 is 0 Å². The number of halogens is 3. The Hall–Kier alpha value is -2.29. The third-order valence-electron chi connectivity index (χ3n) is 5.30. The van der Waals surface area contributed by atoms with Gasteiger partial charge in [-0.15, -0.1) is 0 Å². The molecule has 1 aromatic carbocycles. The van der Waals surface area contributed by atoms with Crippen LogP contribution in [0.2, 0.25) is 0 Å². The van der Waals surface area contributed by atoms with Gasteiger partial charge in [0.15, 0.2) is 5.84 Å². The summed E-state index contributed by atoms with van der Waals surface area (Å²) < 4.78 is 45.2. The van der Waals surface area contributed by atoms with Crippen molar-refractivity contribution in [3.8, 4) is 5.75 Å². The van der Waals surface area contributed by atoms with Gasteiger partial charge in [0.2, 0.25) is 0 Å². The molecule has 0 spiro atoms. The molecule has 3 aliphatic rings. The zero-order valence-corrected chi connectivity index (χ0v) is 17.1. The van der Waals surface area contributed by atoms with Gasteiger partial charge in [0, 0.05) is 0 Å². The Morgan fingerprint density at radius 3 is 2.38 bits per heavy atom. The zero-order valence-electron chi connectivity index (χ0n) is 17.1. The van der Waals surface area contributed by atoms with Crippen molar-refractivity contribution in [3.05, 3.63) is 23.3 Å². The van der Waals surface area contributed by atoms with Crippen molar-refractivity contribution >= 4 is 17.4 Å². The number of fused-ring (bicyclic) bond motifs is 3. The Kier molecular flexibility index (Phi) is 6.07. The van der Waals surface area contributed by atoms with E-state index in [1.54, 1.807) is 11.0 Å². The molecule has 9 heteroatoms. The van der Waals surface area contributed by atoms with Crippen LogP contribution in [0.5, 0.6) is 5.75 Å². The molecule has 0 radical (unpaired) electrons. The lowest BCUT2D eigenvalue weighted by atomic mass is 9.88. The van der Waals surface area contributed by atoms with E-state index >= 15 is 0 Å². The molecule has 0 saturated carbocycles. The smallest absolute Gasteiger partial charge is 0.395 e. The summed E-state index contributed by atoms with van der Waals surface area (Å²) in [5.74, 6) is -0.132. The molecule has 4 rings (SSSR count). The molecule has 6 nitrogen and oxygen atoms in total. The number of hydrazone groups is 1. The van der Waals surface area contributed by atoms with Crippen LogP contribution in [0.3, 0.4) is 0 Å². The van der Waals surface area contributed by atoms with Crippen LogP contribution in [0.1, 0.15) is 50.7 Å². The van der Waals surface area contributed by atoms with Gasteiger partial charge >= 0.3 is 6.18 Å². The summed E-state index contributed by atoms with van der Waals surface area (Å²) in [5.41, 5.74) is 3.76. The van der Waals surface area contributed by atoms with Crippen LogP contribution < -0.4 is 20.4 Å². The second-order valence-electron chi connectivity index (χ2n) is 8.07. The van der Waals surface area contributed by atoms with Crippen LogP contribution in [0.15, 0.2) is 17.2 Å². The number of nitrogens with zero attached hydrogens (tertiary/aromatic N) is 2. The standard InChI is InChI=1S/C16H18F3N3O2.C4H9N/c1-8(2)10-4-12-13(5-11(10)9(3)16(17,18)19)24-7-14-20-21-15(23)6-22(12)14;1-4-2-5-3-4/h4-5,8-9H,6-7H2,1-3H3,(H,21,23);4-5H,2-3H2,1H3. The first-order chi connectivity index (χ1) is 13.6. The maximum Gasteiger partial charge on any atom is 0.395 e. The summed E-state index contributed by atoms with van der Waals surface area (Å²) in [6, 6.07) is 3.14. The molecule has 160 valence electrons. The highest BCUT2D eigenvalue weighted by molar-refractivity contribution is 6.07. The molecule has 1 fully saturated rings. The highest BCUT2D eigenvalue weighted by Gasteiger charge is 2.40. The van der Waals surface area contributed by atoms with Crippen molar-refractivity contribution in [2.75, 3.05) is 31.1 Å². The Labute approximate surface area is 168 Å². The van der Waals surface area contributed by atoms with Crippen LogP contribution in [0.25, 0.3) is 0 Å². The largest absolute Gasteiger partial charge is 0.483 e. The number of hydrogen-bond donors (Lipinski definition) is 2. The van der Waals surface area contributed by atoms with Crippen molar-refractivity contribution in [3.63, 3.8) is 0 Å². The number of benzene rings is 1. The van der Waals surface area contributed by atoms with Crippen LogP contribution in [-0.2, 0) is 4.79 Å². The van der Waals surface area contributed by atoms with E-state index in [1.807, 2.05) is 13.8 Å². The molecule has 0 bridgehead atoms. The summed E-state index contributed by atoms with van der Waals surface area (Å²) in [6.07, 6.45) is -4.33. The van der Waals surface area contributed by atoms with Gasteiger partial charge in [-0.2, -0.15) is 18.3 Å². The second-order valence-corrected chi connectivity index (χ2v) is 8.07. The lowest BCUT2D eigenvalue weighted by Crippen LogP contribution is -2.49. The monoisotopic (exact) mass is 412 g/mol. The molecular formula is C20H27F3N4O2. The lowest BCUT2D eigenvalue weighted by molar-refractivity contribution is -0.146. The molecule has 1 amide bonds. The minimum atomic E-state index is -4.33. The van der Waals surface area contributed by atoms with Crippen molar-refractivity contribution in [2.45, 2.75) is 45.7 Å². The van der Waals surface area contributed by atoms with Crippen molar-refractivity contribution in [1.29, 1.82) is 0 Å². The zero-order chi connectivity index (χ0) is 21.3. The van der Waals surface area contributed by atoms with E-state index in [1.165, 1.54) is 19.2 Å². The summed E-state index contributed by atoms with van der Waals surface area (Å²) in [7, 11) is 0. The second kappa shape index (κ2) is 8.22. The number of amides is 1. The minimum Gasteiger partial charge on any atom is -0.483 e. The molecule has 29 heavy (non-hydrogen) atoms. The summed E-state index contributed by atoms with van der Waals surface area (Å²) in [6.45, 7) is 9.73. The third-order valence-corrected chi connectivity index (χ3v) is 5.30. The first kappa shape index (κ1) is 21.4. The molecule has 0 aliphatic carbocycles. The molecule has 1 unspecified atom stereocenters. The molecule has 1 saturated heterocycles. The van der Waals surface area contributed by atoms with Gasteiger partial charge in [0.05, 0.1) is 11.6 Å². The van der Waals surface area contributed by atoms with Gasteiger partial charge in [-0.25, -0.2) is 5.43 Å². The van der Waals surface area contributed by atoms with Gasteiger partial charge in [0.1, 0.15) is 18.9 Å². The highest BCUT2D eigenvalue weighted by atomic mass is 19.4. The fraction of sp³-hybridized carbons (Fsp3) is 0.600. The van der Waals surface area contributed by atoms with Gasteiger partial charge in [-0.3, -0.25) is 4.79 Å². The number of alkyl halides is 3. The van der Waals surface area contributed by atoms with Crippen LogP contribution in [0.4, 0.5) is 18.9 Å². The average molecular weight is 412 g/mol. The SMILES string of the molecule is CC(C)c1cc2c(cc1C(C)C(F)(F)F)OCC1=NNC(=O)CN12.CC1CNC1. The first-order valence-corrected chi connectivity index (χ1v) is 9.79. The normalized spacial score (nSPS) is 19.7. The molecular weight excluding hydrogens is 385 g/mol. The Morgan fingerprint density at radius 2 is 1.86 bits per heavy atom. The summed E-state index contributed by atoms with van der Waals surface area (Å²) in [4.78, 5) is 13.3. The van der Waals surface area contributed by atoms with Crippen molar-refractivity contribution in [2.24, 2.45) is 11.0 Å². The number of hydrogen-bond acceptors (Lipinski definition) is 5. The van der Waals surface area contributed by atoms with Crippen molar-refractivity contribution < 1.29 is 22.7 Å². The Balaban J connectivity index is 0.000000419. The number of anilines is 1. The predicted molar refractivity (Wildman–Crippen MR) is 105 cm³/mol. The van der Waals surface area contributed by atoms with Gasteiger partial charge < -0.3 is 15.0 Å². The molecule has 0 aromatic heterocycles. The molecule has 3 aliphatic heterocycles. The fourth-order valence-electron chi connectivity index (χ4n) is 3.35. The van der Waals surface area contributed by atoms with Gasteiger partial charge in [0.25, 0.3) is 5.91 Å². The van der Waals surface area contributed by atoms with E-state index in [9.17, 15) is 18.0 Å². The minimum absolute atomic E-state index is 0.0703. The molecule has 2 N–H and O–H groups in total. The lowest BCUT2D eigenvalue weighted by Gasteiger charge is -2.35. The number of ether oxygens (including phenoxy) is 1. The maximum atomic E-state index is 13.2. The summed E-state index contributed by atoms with van der Waals surface area (Å²) >= 11 is 0. The van der Waals surface area contributed by atoms with E-state index in [4.69, 9.17) is 4.74 Å². The predicted octanol–water partition coefficient (Wildman–Crippen LogP) is 3.34. The van der Waals surface area contributed by atoms with E-state index in [-0.39, 0.29) is 30.5 Å². The number of amidine groups is 1. The molecule has 1 atom stereocenters. The van der Waals surface area contributed by atoms with E-state index in [0.29, 0.717) is 22.8 Å². The highest BCUT2D eigenvalue weighted by Crippen LogP contribution is 2.44. The summed E-state index contributed by atoms with van der Waals surface area (Å²) in [5, 5.41) is 7.10. The fourth-order valence-corrected chi connectivity index (χ4v) is 3.35. The van der Waals surface area contributed by atoms with Gasteiger partial charge in [-0.1, -0.05) is 20.8 Å². The quantitative estimate of drug-likeness (QED) is 0.782. The van der Waals surface area contributed by atoms with E-state index in [0.717, 1.165) is 12.8 Å². The van der Waals surface area contributed by atoms with Crippen LogP contribution in [0, 0.1) is 5.92 Å². The van der Waals surface area contributed by atoms with E-state index < -0.39 is 12.1 Å². The topological polar surface area (TPSA) is 66.0 Å². The first-order valence-electron chi connectivity index (χ1n) is 9.79. The van der Waals surface area contributed by atoms with Crippen molar-refractivity contribution in [1.82, 2.24) is 10.7 Å².